The first-order valence-corrected chi connectivity index (χ1v) is 10.5. The summed E-state index contributed by atoms with van der Waals surface area (Å²) >= 11 is 0. The normalized spacial score (nSPS) is 22.2. The Morgan fingerprint density at radius 1 is 1.33 bits per heavy atom. The van der Waals surface area contributed by atoms with E-state index in [0.717, 1.165) is 28.0 Å². The number of nitrogens with one attached hydrogen (secondary N) is 2. The molecule has 3 atom stereocenters. The number of hydrogen-bond acceptors (Lipinski definition) is 5. The highest BCUT2D eigenvalue weighted by Crippen LogP contribution is 2.42. The van der Waals surface area contributed by atoms with Crippen LogP contribution >= 0.6 is 0 Å². The molecule has 1 aliphatic carbocycles. The Bertz CT molecular complexity index is 1280. The van der Waals surface area contributed by atoms with Crippen molar-refractivity contribution in [1.82, 2.24) is 24.4 Å². The predicted molar refractivity (Wildman–Crippen MR) is 115 cm³/mol. The maximum atomic E-state index is 13.1. The van der Waals surface area contributed by atoms with Crippen LogP contribution < -0.4 is 15.8 Å². The number of pyridine rings is 1. The lowest BCUT2D eigenvalue weighted by molar-refractivity contribution is -0.138. The summed E-state index contributed by atoms with van der Waals surface area (Å²) in [5.41, 5.74) is -0.602. The predicted octanol–water partition coefficient (Wildman–Crippen LogP) is 2.81. The van der Waals surface area contributed by atoms with Gasteiger partial charge in [0.05, 0.1) is 11.8 Å². The number of piperidine rings is 1. The third-order valence-corrected chi connectivity index (χ3v) is 6.62. The van der Waals surface area contributed by atoms with Crippen LogP contribution in [0.4, 0.5) is 29.5 Å². The van der Waals surface area contributed by atoms with Crippen molar-refractivity contribution >= 4 is 28.7 Å². The summed E-state index contributed by atoms with van der Waals surface area (Å²) in [6, 6.07) is 2.02. The largest absolute Gasteiger partial charge is 0.417 e. The zero-order valence-corrected chi connectivity index (χ0v) is 17.9. The Hall–Kier alpha value is -3.57. The van der Waals surface area contributed by atoms with Gasteiger partial charge in [0, 0.05) is 45.1 Å². The molecule has 9 nitrogen and oxygen atoms in total. The van der Waals surface area contributed by atoms with Crippen molar-refractivity contribution in [3.8, 4) is 0 Å². The van der Waals surface area contributed by atoms with E-state index in [1.165, 1.54) is 11.9 Å². The lowest BCUT2D eigenvalue weighted by atomic mass is 10.0. The third-order valence-electron chi connectivity index (χ3n) is 6.62. The second-order valence-electron chi connectivity index (χ2n) is 8.64. The van der Waals surface area contributed by atoms with Crippen LogP contribution in [-0.2, 0) is 13.2 Å². The molecule has 12 heteroatoms. The van der Waals surface area contributed by atoms with Crippen LogP contribution in [0.25, 0.3) is 11.2 Å². The SMILES string of the molecule is CN(C(=O)Nc1cc(C(F)(F)F)cn(C)c1=O)[C@@H]1C[C@@H]2C[C@H]1CN2c1cnc2[nH]ccc2n1. The minimum absolute atomic E-state index is 0.0927. The number of carbonyl (C=O) groups is 1. The van der Waals surface area contributed by atoms with E-state index in [1.54, 1.807) is 19.4 Å². The molecule has 1 saturated heterocycles. The highest BCUT2D eigenvalue weighted by Gasteiger charge is 2.47. The quantitative estimate of drug-likeness (QED) is 0.625. The second kappa shape index (κ2) is 7.49. The van der Waals surface area contributed by atoms with Gasteiger partial charge < -0.3 is 24.7 Å². The number of amides is 2. The standard InChI is InChI=1S/C21H22F3N7O2/c1-29-10-12(21(22,23)24)6-15(19(29)32)28-20(33)30(2)16-7-13-5-11(16)9-31(13)17-8-26-18-14(27-17)3-4-25-18/h3-4,6,8,10-11,13,16H,5,7,9H2,1-2H3,(H,25,26)(H,28,33)/t11-,13-,16+/m0/s1. The number of hydrogen-bond donors (Lipinski definition) is 2. The number of H-pyrrole nitrogens is 1. The van der Waals surface area contributed by atoms with E-state index < -0.39 is 29.0 Å². The van der Waals surface area contributed by atoms with Crippen molar-refractivity contribution in [2.24, 2.45) is 13.0 Å². The average molecular weight is 461 g/mol. The zero-order valence-electron chi connectivity index (χ0n) is 17.9. The van der Waals surface area contributed by atoms with E-state index in [1.807, 2.05) is 6.07 Å². The van der Waals surface area contributed by atoms with E-state index >= 15 is 0 Å². The Balaban J connectivity index is 1.29. The summed E-state index contributed by atoms with van der Waals surface area (Å²) in [4.78, 5) is 40.8. The maximum Gasteiger partial charge on any atom is 0.417 e. The Kier molecular flexibility index (Phi) is 4.83. The monoisotopic (exact) mass is 461 g/mol. The van der Waals surface area contributed by atoms with Gasteiger partial charge in [-0.1, -0.05) is 0 Å². The lowest BCUT2D eigenvalue weighted by Crippen LogP contribution is -2.48. The molecule has 33 heavy (non-hydrogen) atoms. The van der Waals surface area contributed by atoms with Gasteiger partial charge in [-0.3, -0.25) is 4.79 Å². The van der Waals surface area contributed by atoms with E-state index in [4.69, 9.17) is 0 Å². The van der Waals surface area contributed by atoms with Gasteiger partial charge >= 0.3 is 12.2 Å². The molecule has 0 radical (unpaired) electrons. The van der Waals surface area contributed by atoms with Gasteiger partial charge in [0.25, 0.3) is 5.56 Å². The van der Waals surface area contributed by atoms with Crippen LogP contribution in [0, 0.1) is 5.92 Å². The average Bonchev–Trinajstić information content (AvgIpc) is 3.50. The van der Waals surface area contributed by atoms with Crippen LogP contribution in [0.15, 0.2) is 35.5 Å². The zero-order chi connectivity index (χ0) is 23.5. The first-order chi connectivity index (χ1) is 15.6. The fourth-order valence-corrected chi connectivity index (χ4v) is 4.95. The molecule has 2 amide bonds. The molecule has 174 valence electrons. The number of rotatable bonds is 3. The van der Waals surface area contributed by atoms with Crippen LogP contribution in [0.3, 0.4) is 0 Å². The summed E-state index contributed by atoms with van der Waals surface area (Å²) < 4.78 is 40.2. The maximum absolute atomic E-state index is 13.1. The van der Waals surface area contributed by atoms with E-state index in [0.29, 0.717) is 25.2 Å². The summed E-state index contributed by atoms with van der Waals surface area (Å²) in [5.74, 6) is 0.964. The van der Waals surface area contributed by atoms with Gasteiger partial charge in [-0.25, -0.2) is 14.8 Å². The molecule has 4 heterocycles. The van der Waals surface area contributed by atoms with Gasteiger partial charge in [-0.2, -0.15) is 13.2 Å². The molecule has 0 spiro atoms. The number of aromatic amines is 1. The van der Waals surface area contributed by atoms with Crippen molar-refractivity contribution in [2.75, 3.05) is 23.8 Å². The number of anilines is 2. The van der Waals surface area contributed by atoms with Crippen molar-refractivity contribution in [3.63, 3.8) is 0 Å². The number of nitrogens with zero attached hydrogens (tertiary/aromatic N) is 5. The molecule has 2 aliphatic rings. The number of halogens is 3. The molecule has 1 saturated carbocycles. The molecule has 0 aromatic carbocycles. The number of carbonyl (C=O) groups excluding carboxylic acids is 1. The Morgan fingerprint density at radius 2 is 2.12 bits per heavy atom. The molecule has 5 rings (SSSR count). The van der Waals surface area contributed by atoms with Gasteiger partial charge in [-0.05, 0) is 30.9 Å². The summed E-state index contributed by atoms with van der Waals surface area (Å²) in [6.45, 7) is 0.697. The van der Waals surface area contributed by atoms with Crippen LogP contribution in [-0.4, -0.2) is 56.1 Å². The fourth-order valence-electron chi connectivity index (χ4n) is 4.95. The summed E-state index contributed by atoms with van der Waals surface area (Å²) in [5, 5.41) is 2.37. The van der Waals surface area contributed by atoms with E-state index in [9.17, 15) is 22.8 Å². The Morgan fingerprint density at radius 3 is 2.82 bits per heavy atom. The molecule has 1 aliphatic heterocycles. The first-order valence-electron chi connectivity index (χ1n) is 10.5. The van der Waals surface area contributed by atoms with E-state index in [2.05, 4.69) is 25.2 Å². The van der Waals surface area contributed by atoms with Gasteiger partial charge in [0.2, 0.25) is 0 Å². The van der Waals surface area contributed by atoms with Crippen molar-refractivity contribution in [2.45, 2.75) is 31.1 Å². The molecule has 2 bridgehead atoms. The second-order valence-corrected chi connectivity index (χ2v) is 8.64. The topological polar surface area (TPSA) is 99.1 Å². The Labute approximate surface area is 186 Å². The minimum Gasteiger partial charge on any atom is -0.352 e. The number of aryl methyl sites for hydroxylation is 1. The van der Waals surface area contributed by atoms with E-state index in [-0.39, 0.29) is 18.0 Å². The van der Waals surface area contributed by atoms with Crippen molar-refractivity contribution in [3.05, 3.63) is 46.6 Å². The summed E-state index contributed by atoms with van der Waals surface area (Å²) in [6.07, 6.45) is 1.17. The highest BCUT2D eigenvalue weighted by molar-refractivity contribution is 5.89. The van der Waals surface area contributed by atoms with Crippen molar-refractivity contribution in [1.29, 1.82) is 0 Å². The number of aromatic nitrogens is 4. The fraction of sp³-hybridized carbons (Fsp3) is 0.429. The van der Waals surface area contributed by atoms with Gasteiger partial charge in [0.1, 0.15) is 17.0 Å². The molecule has 2 N–H and O–H groups in total. The van der Waals surface area contributed by atoms with Crippen LogP contribution in [0.5, 0.6) is 0 Å². The summed E-state index contributed by atoms with van der Waals surface area (Å²) in [7, 11) is 2.82. The molecular formula is C21H22F3N7O2. The van der Waals surface area contributed by atoms with Crippen LogP contribution in [0.2, 0.25) is 0 Å². The molecule has 3 aromatic heterocycles. The number of fused-ring (bicyclic) bond motifs is 3. The van der Waals surface area contributed by atoms with Gasteiger partial charge in [0.15, 0.2) is 5.65 Å². The minimum atomic E-state index is -4.63. The van der Waals surface area contributed by atoms with Crippen molar-refractivity contribution < 1.29 is 18.0 Å². The third kappa shape index (κ3) is 3.68. The lowest BCUT2D eigenvalue weighted by Gasteiger charge is -2.36. The molecule has 2 fully saturated rings. The smallest absolute Gasteiger partial charge is 0.352 e. The first kappa shape index (κ1) is 21.3. The van der Waals surface area contributed by atoms with Gasteiger partial charge in [-0.15, -0.1) is 0 Å². The molecular weight excluding hydrogens is 439 g/mol. The molecule has 3 aromatic rings. The number of alkyl halides is 3. The van der Waals surface area contributed by atoms with Crippen LogP contribution in [0.1, 0.15) is 18.4 Å². The highest BCUT2D eigenvalue weighted by atomic mass is 19.4. The number of urea groups is 1. The molecule has 0 unspecified atom stereocenters.